The van der Waals surface area contributed by atoms with Crippen LogP contribution in [0, 0.1) is 0 Å². The van der Waals surface area contributed by atoms with Crippen LogP contribution in [-0.4, -0.2) is 70.5 Å². The average Bonchev–Trinajstić information content (AvgIpc) is 3.24. The third-order valence-corrected chi connectivity index (χ3v) is 15.0. The molecule has 0 amide bonds. The van der Waals surface area contributed by atoms with Crippen molar-refractivity contribution in [1.29, 1.82) is 0 Å². The van der Waals surface area contributed by atoms with Crippen molar-refractivity contribution in [2.75, 3.05) is 28.0 Å². The van der Waals surface area contributed by atoms with E-state index >= 15 is 0 Å². The van der Waals surface area contributed by atoms with Gasteiger partial charge in [-0.1, -0.05) is 0 Å². The summed E-state index contributed by atoms with van der Waals surface area (Å²) in [5.74, 6) is -3.55. The number of nitrogens with one attached hydrogen (secondary N) is 1. The Balaban J connectivity index is 2.67. The molecule has 1 fully saturated rings. The minimum atomic E-state index is -6.32. The van der Waals surface area contributed by atoms with E-state index in [0.717, 1.165) is 0 Å². The van der Waals surface area contributed by atoms with Gasteiger partial charge in [0.1, 0.15) is 0 Å². The van der Waals surface area contributed by atoms with Crippen molar-refractivity contribution in [2.24, 2.45) is 0 Å². The molecule has 0 saturated carbocycles. The van der Waals surface area contributed by atoms with Crippen molar-refractivity contribution in [3.8, 4) is 0 Å². The maximum absolute atomic E-state index is 12.5. The molecule has 0 aromatic rings. The zero-order chi connectivity index (χ0) is 21.4. The molecule has 27 heavy (non-hydrogen) atoms. The van der Waals surface area contributed by atoms with Crippen LogP contribution in [0.25, 0.3) is 0 Å². The van der Waals surface area contributed by atoms with E-state index in [0.29, 0.717) is 0 Å². The van der Waals surface area contributed by atoms with Crippen LogP contribution >= 0.6 is 39.9 Å². The van der Waals surface area contributed by atoms with Gasteiger partial charge in [0, 0.05) is 0 Å². The first-order valence-electron chi connectivity index (χ1n) is 7.06. The predicted octanol–water partition coefficient (Wildman–Crippen LogP) is 2.43. The van der Waals surface area contributed by atoms with Crippen LogP contribution in [0.5, 0.6) is 0 Å². The molecule has 1 aliphatic rings. The number of esters is 2. The van der Waals surface area contributed by atoms with Gasteiger partial charge < -0.3 is 0 Å². The molecule has 0 aromatic carbocycles. The Labute approximate surface area is 165 Å². The summed E-state index contributed by atoms with van der Waals surface area (Å²) in [6, 6.07) is 0. The van der Waals surface area contributed by atoms with Crippen molar-refractivity contribution in [1.82, 2.24) is 3.53 Å². The number of hydrogen-bond acceptors (Lipinski definition) is 6. The van der Waals surface area contributed by atoms with E-state index in [9.17, 15) is 35.9 Å². The summed E-state index contributed by atoms with van der Waals surface area (Å²) in [5.41, 5.74) is -5.65. The Morgan fingerprint density at radius 3 is 1.70 bits per heavy atom. The Kier molecular flexibility index (Phi) is 7.70. The summed E-state index contributed by atoms with van der Waals surface area (Å²) < 4.78 is 86.4. The molecule has 0 spiro atoms. The van der Waals surface area contributed by atoms with Crippen LogP contribution in [0.3, 0.4) is 0 Å². The fraction of sp³-hybridized carbons (Fsp3) is 0.846. The molecule has 0 radical (unpaired) electrons. The SMILES string of the molecule is CI1NC1C(C)(C(=O)OCCOC(=O)C(O)(C(F)(F)F)C(F)(F)F)I(C)C. The summed E-state index contributed by atoms with van der Waals surface area (Å²) in [7, 11) is 0. The van der Waals surface area contributed by atoms with Crippen LogP contribution < -0.4 is 3.53 Å². The van der Waals surface area contributed by atoms with E-state index in [1.54, 1.807) is 6.92 Å². The number of hydrogen-bond donors (Lipinski definition) is 2. The molecule has 0 bridgehead atoms. The van der Waals surface area contributed by atoms with Crippen molar-refractivity contribution < 1.29 is 50.5 Å². The topological polar surface area (TPSA) is 94.8 Å². The van der Waals surface area contributed by atoms with E-state index in [4.69, 9.17) is 9.84 Å². The van der Waals surface area contributed by atoms with Gasteiger partial charge in [-0.15, -0.1) is 0 Å². The molecule has 6 nitrogen and oxygen atoms in total. The van der Waals surface area contributed by atoms with E-state index in [-0.39, 0.29) is 4.05 Å². The fourth-order valence-electron chi connectivity index (χ4n) is 1.89. The summed E-state index contributed by atoms with van der Waals surface area (Å²) in [6.45, 7) is -0.0548. The van der Waals surface area contributed by atoms with Crippen molar-refractivity contribution in [3.05, 3.63) is 0 Å². The Hall–Kier alpha value is -0.100. The quantitative estimate of drug-likeness (QED) is 0.0652. The average molecular weight is 637 g/mol. The summed E-state index contributed by atoms with van der Waals surface area (Å²) in [5, 5.41) is 8.84. The predicted molar refractivity (Wildman–Crippen MR) is 100 cm³/mol. The first kappa shape index (κ1) is 24.9. The van der Waals surface area contributed by atoms with E-state index in [1.165, 1.54) is 0 Å². The molecule has 1 heterocycles. The van der Waals surface area contributed by atoms with Gasteiger partial charge in [0.15, 0.2) is 0 Å². The second-order valence-electron chi connectivity index (χ2n) is 5.80. The number of halogens is 8. The van der Waals surface area contributed by atoms with Crippen molar-refractivity contribution >= 4 is 51.9 Å². The number of rotatable bonds is 7. The molecule has 1 rings (SSSR count). The van der Waals surface area contributed by atoms with E-state index in [2.05, 4.69) is 8.27 Å². The summed E-state index contributed by atoms with van der Waals surface area (Å²) in [6.07, 6.45) is -12.6. The number of ether oxygens (including phenoxy) is 2. The van der Waals surface area contributed by atoms with E-state index < -0.39 is 86.4 Å². The maximum atomic E-state index is 12.5. The summed E-state index contributed by atoms with van der Waals surface area (Å²) >= 11 is -3.17. The van der Waals surface area contributed by atoms with E-state index in [1.807, 2.05) is 14.8 Å². The standard InChI is InChI=1S/C13H19F6I2NO5/c1-10(20(2)3,7-21(4)22-7)8(23)26-5-6-27-9(24)11(25,12(14,15)16)13(17,18)19/h7,22,25H,5-6H2,1-4H3. The van der Waals surface area contributed by atoms with Crippen LogP contribution in [0.4, 0.5) is 26.3 Å². The minimum absolute atomic E-state index is 0.0255. The van der Waals surface area contributed by atoms with Gasteiger partial charge in [-0.05, 0) is 0 Å². The molecular weight excluding hydrogens is 618 g/mol. The normalized spacial score (nSPS) is 22.0. The van der Waals surface area contributed by atoms with Gasteiger partial charge in [0.25, 0.3) is 0 Å². The van der Waals surface area contributed by atoms with Gasteiger partial charge in [-0.3, -0.25) is 0 Å². The Morgan fingerprint density at radius 1 is 1.04 bits per heavy atom. The van der Waals surface area contributed by atoms with Gasteiger partial charge >= 0.3 is 166 Å². The molecule has 14 heteroatoms. The Morgan fingerprint density at radius 2 is 1.41 bits per heavy atom. The molecular formula is C13H19F6I2NO5. The molecule has 2 N–H and O–H groups in total. The van der Waals surface area contributed by atoms with Crippen molar-refractivity contribution in [3.63, 3.8) is 0 Å². The zero-order valence-corrected chi connectivity index (χ0v) is 18.9. The molecule has 2 unspecified atom stereocenters. The van der Waals surface area contributed by atoms with Gasteiger partial charge in [0.2, 0.25) is 0 Å². The fourth-order valence-corrected chi connectivity index (χ4v) is 15.2. The number of aliphatic hydroxyl groups is 1. The first-order valence-corrected chi connectivity index (χ1v) is 16.9. The number of carbonyl (C=O) groups excluding carboxylic acids is 2. The van der Waals surface area contributed by atoms with Gasteiger partial charge in [-0.2, -0.15) is 0 Å². The zero-order valence-electron chi connectivity index (χ0n) is 14.6. The number of alkyl halides is 11. The van der Waals surface area contributed by atoms with Gasteiger partial charge in [-0.25, -0.2) is 0 Å². The van der Waals surface area contributed by atoms with Crippen molar-refractivity contribution in [2.45, 2.75) is 32.3 Å². The molecule has 1 aliphatic heterocycles. The molecule has 2 atom stereocenters. The monoisotopic (exact) mass is 637 g/mol. The van der Waals surface area contributed by atoms with Gasteiger partial charge in [0.05, 0.1) is 0 Å². The summed E-state index contributed by atoms with van der Waals surface area (Å²) in [4.78, 5) is 29.4. The second-order valence-corrected chi connectivity index (χ2v) is 17.2. The first-order chi connectivity index (χ1) is 12.0. The second kappa shape index (κ2) is 8.33. The van der Waals surface area contributed by atoms with Crippen LogP contribution in [0.15, 0.2) is 0 Å². The molecule has 1 saturated heterocycles. The van der Waals surface area contributed by atoms with Crippen LogP contribution in [0.2, 0.25) is 0 Å². The Bertz CT molecular complexity index is 571. The van der Waals surface area contributed by atoms with Crippen LogP contribution in [0.1, 0.15) is 6.92 Å². The molecule has 0 aromatic heterocycles. The third kappa shape index (κ3) is 4.91. The third-order valence-electron chi connectivity index (χ3n) is 3.87. The number of carbonyl (C=O) groups is 2. The molecule has 162 valence electrons. The molecule has 0 aliphatic carbocycles. The van der Waals surface area contributed by atoms with Crippen LogP contribution in [-0.2, 0) is 19.1 Å².